The van der Waals surface area contributed by atoms with Crippen LogP contribution in [0.4, 0.5) is 0 Å². The van der Waals surface area contributed by atoms with E-state index in [1.54, 1.807) is 18.4 Å². The second kappa shape index (κ2) is 7.77. The molecule has 2 N–H and O–H groups in total. The number of hydrogen-bond donors (Lipinski definition) is 2. The number of guanidine groups is 1. The van der Waals surface area contributed by atoms with Crippen LogP contribution in [-0.2, 0) is 13.1 Å². The summed E-state index contributed by atoms with van der Waals surface area (Å²) in [5.74, 6) is 2.07. The number of thiophene rings is 1. The summed E-state index contributed by atoms with van der Waals surface area (Å²) in [5, 5.41) is 7.16. The van der Waals surface area contributed by atoms with Crippen molar-refractivity contribution >= 4 is 28.9 Å². The number of aliphatic imine (C=N–C) groups is 1. The number of nitrogens with zero attached hydrogens (tertiary/aromatic N) is 1. The van der Waals surface area contributed by atoms with Crippen LogP contribution in [0.3, 0.4) is 0 Å². The van der Waals surface area contributed by atoms with Crippen molar-refractivity contribution in [3.05, 3.63) is 44.6 Å². The van der Waals surface area contributed by atoms with Gasteiger partial charge in [0.05, 0.1) is 11.6 Å². The SMILES string of the molecule is CN=C(NCc1cc(Cl)c2c(c1)OCCO2)NCc1ccc(C)s1. The van der Waals surface area contributed by atoms with Gasteiger partial charge < -0.3 is 20.1 Å². The van der Waals surface area contributed by atoms with Crippen molar-refractivity contribution in [1.82, 2.24) is 10.6 Å². The maximum atomic E-state index is 6.26. The monoisotopic (exact) mass is 365 g/mol. The first-order chi connectivity index (χ1) is 11.7. The molecular weight excluding hydrogens is 346 g/mol. The lowest BCUT2D eigenvalue weighted by Crippen LogP contribution is -2.36. The van der Waals surface area contributed by atoms with Crippen molar-refractivity contribution in [3.8, 4) is 11.5 Å². The molecule has 1 aliphatic heterocycles. The largest absolute Gasteiger partial charge is 0.486 e. The van der Waals surface area contributed by atoms with Crippen molar-refractivity contribution in [1.29, 1.82) is 0 Å². The summed E-state index contributed by atoms with van der Waals surface area (Å²) in [6.07, 6.45) is 0. The molecule has 1 aromatic heterocycles. The molecular formula is C17H20ClN3O2S. The highest BCUT2D eigenvalue weighted by molar-refractivity contribution is 7.11. The molecule has 1 aliphatic rings. The summed E-state index contributed by atoms with van der Waals surface area (Å²) in [6.45, 7) is 4.53. The smallest absolute Gasteiger partial charge is 0.191 e. The van der Waals surface area contributed by atoms with Crippen LogP contribution in [0.1, 0.15) is 15.3 Å². The molecule has 0 aliphatic carbocycles. The molecule has 0 amide bonds. The third-order valence-corrected chi connectivity index (χ3v) is 4.85. The molecule has 0 atom stereocenters. The molecule has 1 aromatic carbocycles. The highest BCUT2D eigenvalue weighted by atomic mass is 35.5. The number of halogens is 1. The van der Waals surface area contributed by atoms with Gasteiger partial charge in [0.25, 0.3) is 0 Å². The average molecular weight is 366 g/mol. The summed E-state index contributed by atoms with van der Waals surface area (Å²) >= 11 is 8.04. The van der Waals surface area contributed by atoms with Crippen molar-refractivity contribution in [2.24, 2.45) is 4.99 Å². The molecule has 2 heterocycles. The van der Waals surface area contributed by atoms with Gasteiger partial charge in [-0.05, 0) is 36.8 Å². The molecule has 5 nitrogen and oxygen atoms in total. The fraction of sp³-hybridized carbons (Fsp3) is 0.353. The zero-order valence-electron chi connectivity index (χ0n) is 13.7. The van der Waals surface area contributed by atoms with Crippen molar-refractivity contribution in [3.63, 3.8) is 0 Å². The van der Waals surface area contributed by atoms with E-state index in [0.29, 0.717) is 36.3 Å². The number of nitrogens with one attached hydrogen (secondary N) is 2. The number of benzene rings is 1. The predicted molar refractivity (Wildman–Crippen MR) is 98.5 cm³/mol. The van der Waals surface area contributed by atoms with Gasteiger partial charge >= 0.3 is 0 Å². The van der Waals surface area contributed by atoms with Gasteiger partial charge in [0.15, 0.2) is 17.5 Å². The van der Waals surface area contributed by atoms with Crippen LogP contribution in [0.15, 0.2) is 29.3 Å². The first kappa shape index (κ1) is 16.9. The Labute approximate surface area is 150 Å². The van der Waals surface area contributed by atoms with E-state index in [2.05, 4.69) is 34.7 Å². The molecule has 0 saturated heterocycles. The minimum Gasteiger partial charge on any atom is -0.486 e. The molecule has 128 valence electrons. The van der Waals surface area contributed by atoms with Gasteiger partial charge in [0.2, 0.25) is 0 Å². The van der Waals surface area contributed by atoms with Gasteiger partial charge in [-0.3, -0.25) is 4.99 Å². The number of fused-ring (bicyclic) bond motifs is 1. The van der Waals surface area contributed by atoms with E-state index in [9.17, 15) is 0 Å². The molecule has 3 rings (SSSR count). The lowest BCUT2D eigenvalue weighted by Gasteiger charge is -2.20. The molecule has 24 heavy (non-hydrogen) atoms. The second-order valence-corrected chi connectivity index (χ2v) is 7.17. The van der Waals surface area contributed by atoms with Crippen molar-refractivity contribution in [2.75, 3.05) is 20.3 Å². The summed E-state index contributed by atoms with van der Waals surface area (Å²) in [7, 11) is 1.76. The van der Waals surface area contributed by atoms with E-state index in [1.165, 1.54) is 9.75 Å². The van der Waals surface area contributed by atoms with Crippen LogP contribution in [0.25, 0.3) is 0 Å². The van der Waals surface area contributed by atoms with Crippen molar-refractivity contribution < 1.29 is 9.47 Å². The van der Waals surface area contributed by atoms with Gasteiger partial charge in [0.1, 0.15) is 13.2 Å². The molecule has 7 heteroatoms. The van der Waals surface area contributed by atoms with E-state index in [-0.39, 0.29) is 0 Å². The maximum absolute atomic E-state index is 6.26. The highest BCUT2D eigenvalue weighted by Gasteiger charge is 2.16. The third kappa shape index (κ3) is 4.13. The normalized spacial score (nSPS) is 13.7. The van der Waals surface area contributed by atoms with Gasteiger partial charge in [-0.25, -0.2) is 0 Å². The third-order valence-electron chi connectivity index (χ3n) is 3.57. The molecule has 0 radical (unpaired) electrons. The molecule has 0 unspecified atom stereocenters. The summed E-state index contributed by atoms with van der Waals surface area (Å²) in [5.41, 5.74) is 1.01. The fourth-order valence-corrected chi connectivity index (χ4v) is 3.54. The van der Waals surface area contributed by atoms with E-state index in [0.717, 1.165) is 18.1 Å². The van der Waals surface area contributed by atoms with Gasteiger partial charge in [-0.1, -0.05) is 11.6 Å². The Morgan fingerprint density at radius 3 is 2.75 bits per heavy atom. The Balaban J connectivity index is 1.58. The lowest BCUT2D eigenvalue weighted by atomic mass is 10.2. The van der Waals surface area contributed by atoms with Crippen LogP contribution >= 0.6 is 22.9 Å². The van der Waals surface area contributed by atoms with Crippen LogP contribution in [0.2, 0.25) is 5.02 Å². The zero-order chi connectivity index (χ0) is 16.9. The molecule has 0 spiro atoms. The Morgan fingerprint density at radius 1 is 1.21 bits per heavy atom. The molecule has 0 saturated carbocycles. The Kier molecular flexibility index (Phi) is 5.48. The Hall–Kier alpha value is -1.92. The van der Waals surface area contributed by atoms with E-state index in [1.807, 2.05) is 12.1 Å². The lowest BCUT2D eigenvalue weighted by molar-refractivity contribution is 0.171. The number of ether oxygens (including phenoxy) is 2. The number of hydrogen-bond acceptors (Lipinski definition) is 4. The average Bonchev–Trinajstić information content (AvgIpc) is 3.00. The summed E-state index contributed by atoms with van der Waals surface area (Å²) in [4.78, 5) is 6.83. The van der Waals surface area contributed by atoms with Crippen LogP contribution in [0, 0.1) is 6.92 Å². The molecule has 2 aromatic rings. The second-order valence-electron chi connectivity index (χ2n) is 5.39. The predicted octanol–water partition coefficient (Wildman–Crippen LogP) is 3.35. The van der Waals surface area contributed by atoms with E-state index in [4.69, 9.17) is 21.1 Å². The van der Waals surface area contributed by atoms with E-state index < -0.39 is 0 Å². The molecule has 0 bridgehead atoms. The van der Waals surface area contributed by atoms with Crippen molar-refractivity contribution in [2.45, 2.75) is 20.0 Å². The van der Waals surface area contributed by atoms with Gasteiger partial charge in [0, 0.05) is 23.3 Å². The molecule has 0 fully saturated rings. The highest BCUT2D eigenvalue weighted by Crippen LogP contribution is 2.38. The topological polar surface area (TPSA) is 54.9 Å². The quantitative estimate of drug-likeness (QED) is 0.644. The van der Waals surface area contributed by atoms with Crippen LogP contribution < -0.4 is 20.1 Å². The Morgan fingerprint density at radius 2 is 2.00 bits per heavy atom. The standard InChI is InChI=1S/C17H20ClN3O2S/c1-11-3-4-13(24-11)10-21-17(19-2)20-9-12-7-14(18)16-15(8-12)22-5-6-23-16/h3-4,7-8H,5-6,9-10H2,1-2H3,(H2,19,20,21). The van der Waals surface area contributed by atoms with Crippen LogP contribution in [-0.4, -0.2) is 26.2 Å². The van der Waals surface area contributed by atoms with Crippen LogP contribution in [0.5, 0.6) is 11.5 Å². The summed E-state index contributed by atoms with van der Waals surface area (Å²) < 4.78 is 11.1. The summed E-state index contributed by atoms with van der Waals surface area (Å²) in [6, 6.07) is 8.08. The van der Waals surface area contributed by atoms with Gasteiger partial charge in [-0.2, -0.15) is 0 Å². The number of aryl methyl sites for hydroxylation is 1. The van der Waals surface area contributed by atoms with E-state index >= 15 is 0 Å². The Bertz CT molecular complexity index is 745. The minimum absolute atomic E-state index is 0.531. The first-order valence-corrected chi connectivity index (χ1v) is 8.93. The number of rotatable bonds is 4. The maximum Gasteiger partial charge on any atom is 0.191 e. The zero-order valence-corrected chi connectivity index (χ0v) is 15.3. The fourth-order valence-electron chi connectivity index (χ4n) is 2.42. The minimum atomic E-state index is 0.531. The first-order valence-electron chi connectivity index (χ1n) is 7.73. The van der Waals surface area contributed by atoms with Gasteiger partial charge in [-0.15, -0.1) is 11.3 Å².